The third kappa shape index (κ3) is 3.84. The number of methoxy groups -OCH3 is 1. The van der Waals surface area contributed by atoms with Crippen molar-refractivity contribution in [3.63, 3.8) is 0 Å². The second kappa shape index (κ2) is 6.38. The summed E-state index contributed by atoms with van der Waals surface area (Å²) in [5.74, 6) is 0.805. The number of ether oxygens (including phenoxy) is 1. The molecule has 0 saturated heterocycles. The molecule has 0 aromatic heterocycles. The minimum atomic E-state index is -0.577. The van der Waals surface area contributed by atoms with Crippen LogP contribution < -0.4 is 10.2 Å². The van der Waals surface area contributed by atoms with Gasteiger partial charge in [-0.05, 0) is 35.4 Å². The van der Waals surface area contributed by atoms with E-state index >= 15 is 0 Å². The van der Waals surface area contributed by atoms with Gasteiger partial charge in [-0.3, -0.25) is 0 Å². The van der Waals surface area contributed by atoms with Crippen LogP contribution in [0.1, 0.15) is 11.1 Å². The fourth-order valence-electron chi connectivity index (χ4n) is 1.72. The Morgan fingerprint density at radius 2 is 1.80 bits per heavy atom. The lowest BCUT2D eigenvalue weighted by atomic mass is 10.1. The maximum absolute atomic E-state index is 10.4. The number of nitro groups is 1. The van der Waals surface area contributed by atoms with E-state index in [1.807, 2.05) is 42.5 Å². The molecule has 102 valence electrons. The van der Waals surface area contributed by atoms with Crippen LogP contribution in [0.5, 0.6) is 5.75 Å². The summed E-state index contributed by atoms with van der Waals surface area (Å²) >= 11 is 0. The summed E-state index contributed by atoms with van der Waals surface area (Å²) in [6.07, 6.45) is 3.83. The van der Waals surface area contributed by atoms with Crippen molar-refractivity contribution in [1.29, 1.82) is 0 Å². The van der Waals surface area contributed by atoms with E-state index < -0.39 is 5.03 Å². The first-order valence-electron chi connectivity index (χ1n) is 6.00. The van der Waals surface area contributed by atoms with Crippen LogP contribution in [-0.4, -0.2) is 12.1 Å². The van der Waals surface area contributed by atoms with E-state index in [4.69, 9.17) is 4.74 Å². The van der Waals surface area contributed by atoms with Crippen molar-refractivity contribution < 1.29 is 9.77 Å². The summed E-state index contributed by atoms with van der Waals surface area (Å²) in [4.78, 5) is 10.4. The zero-order valence-corrected chi connectivity index (χ0v) is 10.9. The minimum Gasteiger partial charge on any atom is -0.497 e. The third-order valence-electron chi connectivity index (χ3n) is 2.69. The van der Waals surface area contributed by atoms with E-state index in [-0.39, 0.29) is 0 Å². The molecule has 1 N–H and O–H groups in total. The van der Waals surface area contributed by atoms with Gasteiger partial charge in [0.15, 0.2) is 5.03 Å². The third-order valence-corrected chi connectivity index (χ3v) is 2.69. The molecule has 0 spiro atoms. The van der Waals surface area contributed by atoms with Gasteiger partial charge in [-0.25, -0.2) is 10.1 Å². The van der Waals surface area contributed by atoms with Gasteiger partial charge >= 0.3 is 0 Å². The van der Waals surface area contributed by atoms with E-state index in [1.54, 1.807) is 25.3 Å². The Kier molecular flexibility index (Phi) is 4.34. The lowest BCUT2D eigenvalue weighted by Gasteiger charge is -2.00. The zero-order valence-electron chi connectivity index (χ0n) is 10.9. The van der Waals surface area contributed by atoms with E-state index in [2.05, 4.69) is 5.43 Å². The van der Waals surface area contributed by atoms with Gasteiger partial charge in [-0.15, -0.1) is 5.43 Å². The summed E-state index contributed by atoms with van der Waals surface area (Å²) in [6, 6.07) is 14.6. The number of benzene rings is 2. The second-order valence-electron chi connectivity index (χ2n) is 4.10. The van der Waals surface area contributed by atoms with Gasteiger partial charge in [0.1, 0.15) is 11.4 Å². The standard InChI is InChI=1S/C15H14N2O3/c1-20-15-9-7-12(8-10-15)5-6-13-3-2-4-14(11-13)16-17(18)19/h2-11,16H,1H3. The monoisotopic (exact) mass is 270 g/mol. The highest BCUT2D eigenvalue weighted by atomic mass is 16.7. The quantitative estimate of drug-likeness (QED) is 0.513. The van der Waals surface area contributed by atoms with Crippen molar-refractivity contribution >= 4 is 17.8 Å². The van der Waals surface area contributed by atoms with Crippen LogP contribution in [-0.2, 0) is 0 Å². The molecule has 0 aliphatic carbocycles. The van der Waals surface area contributed by atoms with Crippen LogP contribution in [0, 0.1) is 10.1 Å². The van der Waals surface area contributed by atoms with Gasteiger partial charge in [-0.1, -0.05) is 36.4 Å². The number of hydrogen-bond acceptors (Lipinski definition) is 3. The Bertz CT molecular complexity index is 621. The Morgan fingerprint density at radius 3 is 2.45 bits per heavy atom. The SMILES string of the molecule is COc1ccc(C=Cc2cccc(N[N+](=O)[O-])c2)cc1. The molecule has 0 unspecified atom stereocenters. The largest absolute Gasteiger partial charge is 0.497 e. The highest BCUT2D eigenvalue weighted by molar-refractivity contribution is 5.71. The molecule has 2 rings (SSSR count). The molecule has 0 aliphatic heterocycles. The van der Waals surface area contributed by atoms with Crippen LogP contribution in [0.4, 0.5) is 5.69 Å². The molecule has 0 heterocycles. The van der Waals surface area contributed by atoms with Crippen molar-refractivity contribution in [2.45, 2.75) is 0 Å². The summed E-state index contributed by atoms with van der Waals surface area (Å²) in [6.45, 7) is 0. The Balaban J connectivity index is 2.11. The van der Waals surface area contributed by atoms with Gasteiger partial charge in [0.2, 0.25) is 0 Å². The summed E-state index contributed by atoms with van der Waals surface area (Å²) in [5, 5.41) is 9.81. The summed E-state index contributed by atoms with van der Waals surface area (Å²) in [7, 11) is 1.62. The van der Waals surface area contributed by atoms with Crippen LogP contribution in [0.2, 0.25) is 0 Å². The minimum absolute atomic E-state index is 0.451. The average Bonchev–Trinajstić information content (AvgIpc) is 2.45. The van der Waals surface area contributed by atoms with Gasteiger partial charge < -0.3 is 4.74 Å². The molecule has 0 atom stereocenters. The van der Waals surface area contributed by atoms with E-state index in [0.29, 0.717) is 5.69 Å². The lowest BCUT2D eigenvalue weighted by molar-refractivity contribution is -0.445. The fraction of sp³-hybridized carbons (Fsp3) is 0.0667. The molecule has 5 nitrogen and oxygen atoms in total. The van der Waals surface area contributed by atoms with Gasteiger partial charge in [0, 0.05) is 0 Å². The predicted octanol–water partition coefficient (Wildman–Crippen LogP) is 3.47. The topological polar surface area (TPSA) is 64.4 Å². The average molecular weight is 270 g/mol. The Labute approximate surface area is 116 Å². The predicted molar refractivity (Wildman–Crippen MR) is 79.0 cm³/mol. The van der Waals surface area contributed by atoms with Crippen molar-refractivity contribution in [3.8, 4) is 5.75 Å². The number of nitrogens with zero attached hydrogens (tertiary/aromatic N) is 1. The van der Waals surface area contributed by atoms with E-state index in [1.165, 1.54) is 0 Å². The molecule has 0 radical (unpaired) electrons. The highest BCUT2D eigenvalue weighted by Gasteiger charge is 1.98. The summed E-state index contributed by atoms with van der Waals surface area (Å²) in [5.41, 5.74) is 4.49. The van der Waals surface area contributed by atoms with Crippen molar-refractivity contribution in [3.05, 3.63) is 69.8 Å². The number of hydrogen-bond donors (Lipinski definition) is 1. The number of anilines is 1. The van der Waals surface area contributed by atoms with E-state index in [0.717, 1.165) is 16.9 Å². The summed E-state index contributed by atoms with van der Waals surface area (Å²) < 4.78 is 5.09. The smallest absolute Gasteiger partial charge is 0.162 e. The molecular formula is C15H14N2O3. The van der Waals surface area contributed by atoms with Crippen LogP contribution >= 0.6 is 0 Å². The molecule has 0 fully saturated rings. The first-order chi connectivity index (χ1) is 9.67. The molecule has 0 saturated carbocycles. The molecule has 0 amide bonds. The van der Waals surface area contributed by atoms with E-state index in [9.17, 15) is 10.1 Å². The Morgan fingerprint density at radius 1 is 1.10 bits per heavy atom. The van der Waals surface area contributed by atoms with Crippen LogP contribution in [0.25, 0.3) is 12.2 Å². The van der Waals surface area contributed by atoms with Gasteiger partial charge in [0.25, 0.3) is 0 Å². The van der Waals surface area contributed by atoms with Crippen LogP contribution in [0.3, 0.4) is 0 Å². The van der Waals surface area contributed by atoms with Crippen molar-refractivity contribution in [2.75, 3.05) is 12.5 Å². The molecule has 0 aliphatic rings. The fourth-order valence-corrected chi connectivity index (χ4v) is 1.72. The molecular weight excluding hydrogens is 256 g/mol. The van der Waals surface area contributed by atoms with Crippen molar-refractivity contribution in [2.24, 2.45) is 0 Å². The zero-order chi connectivity index (χ0) is 14.4. The number of nitrogens with one attached hydrogen (secondary N) is 1. The molecule has 0 bridgehead atoms. The first-order valence-corrected chi connectivity index (χ1v) is 6.00. The highest BCUT2D eigenvalue weighted by Crippen LogP contribution is 2.16. The molecule has 2 aromatic carbocycles. The van der Waals surface area contributed by atoms with Crippen LogP contribution in [0.15, 0.2) is 48.5 Å². The molecule has 5 heteroatoms. The first kappa shape index (κ1) is 13.6. The maximum Gasteiger partial charge on any atom is 0.162 e. The lowest BCUT2D eigenvalue weighted by Crippen LogP contribution is -2.07. The van der Waals surface area contributed by atoms with Gasteiger partial charge in [0.05, 0.1) is 7.11 Å². The second-order valence-corrected chi connectivity index (χ2v) is 4.10. The molecule has 20 heavy (non-hydrogen) atoms. The normalized spacial score (nSPS) is 10.4. The van der Waals surface area contributed by atoms with Crippen molar-refractivity contribution in [1.82, 2.24) is 0 Å². The van der Waals surface area contributed by atoms with Gasteiger partial charge in [-0.2, -0.15) is 0 Å². The number of hydrazine groups is 1. The molecule has 2 aromatic rings. The maximum atomic E-state index is 10.4. The number of rotatable bonds is 5. The Hall–Kier alpha value is -2.82.